The number of hydrogen-bond donors (Lipinski definition) is 2. The number of nitrogens with one attached hydrogen (secondary N) is 2. The molecule has 1 aliphatic carbocycles. The average Bonchev–Trinajstić information content (AvgIpc) is 2.81. The molecule has 98 valence electrons. The van der Waals surface area contributed by atoms with Crippen LogP contribution in [0.4, 0.5) is 0 Å². The summed E-state index contributed by atoms with van der Waals surface area (Å²) >= 11 is 0. The van der Waals surface area contributed by atoms with E-state index >= 15 is 0 Å². The van der Waals surface area contributed by atoms with Crippen LogP contribution in [-0.2, 0) is 6.54 Å². The highest BCUT2D eigenvalue weighted by atomic mass is 14.9. The van der Waals surface area contributed by atoms with Gasteiger partial charge < -0.3 is 10.3 Å². The fourth-order valence-electron chi connectivity index (χ4n) is 2.68. The molecule has 1 saturated carbocycles. The Hall–Kier alpha value is -1.86. The normalized spacial score (nSPS) is 17.1. The highest BCUT2D eigenvalue weighted by molar-refractivity contribution is 5.79. The van der Waals surface area contributed by atoms with Gasteiger partial charge in [0.1, 0.15) is 11.8 Å². The van der Waals surface area contributed by atoms with Gasteiger partial charge in [-0.2, -0.15) is 5.26 Å². The van der Waals surface area contributed by atoms with E-state index in [0.29, 0.717) is 11.7 Å². The van der Waals surface area contributed by atoms with Crippen molar-refractivity contribution in [1.82, 2.24) is 15.3 Å². The largest absolute Gasteiger partial charge is 0.360 e. The number of nitriles is 1. The summed E-state index contributed by atoms with van der Waals surface area (Å²) in [6, 6.07) is 6.45. The van der Waals surface area contributed by atoms with E-state index in [-0.39, 0.29) is 0 Å². The molecule has 4 heteroatoms. The van der Waals surface area contributed by atoms with Crippen LogP contribution in [0.15, 0.2) is 18.3 Å². The molecule has 2 N–H and O–H groups in total. The maximum absolute atomic E-state index is 9.03. The molecule has 1 atom stereocenters. The Bertz CT molecular complexity index is 619. The fraction of sp³-hybridized carbons (Fsp3) is 0.467. The van der Waals surface area contributed by atoms with Crippen molar-refractivity contribution in [1.29, 1.82) is 5.26 Å². The molecular formula is C15H18N4. The van der Waals surface area contributed by atoms with E-state index in [4.69, 9.17) is 5.26 Å². The smallest absolute Gasteiger partial charge is 0.141 e. The fourth-order valence-corrected chi connectivity index (χ4v) is 2.68. The van der Waals surface area contributed by atoms with Crippen molar-refractivity contribution in [2.45, 2.75) is 38.8 Å². The molecule has 0 amide bonds. The predicted octanol–water partition coefficient (Wildman–Crippen LogP) is 2.71. The molecule has 3 rings (SSSR count). The molecule has 2 aromatic rings. The minimum Gasteiger partial charge on any atom is -0.360 e. The van der Waals surface area contributed by atoms with E-state index in [1.54, 1.807) is 0 Å². The molecule has 0 bridgehead atoms. The lowest BCUT2D eigenvalue weighted by atomic mass is 9.80. The molecule has 0 spiro atoms. The van der Waals surface area contributed by atoms with Gasteiger partial charge in [-0.3, -0.25) is 0 Å². The maximum Gasteiger partial charge on any atom is 0.141 e. The van der Waals surface area contributed by atoms with E-state index in [2.05, 4.69) is 28.3 Å². The zero-order valence-electron chi connectivity index (χ0n) is 11.1. The lowest BCUT2D eigenvalue weighted by molar-refractivity contribution is 0.240. The standard InChI is InChI=1S/C15H18N4/c1-10(11-3-2-4-11)18-9-12-7-13(8-16)19-14-5-6-17-15(12)14/h5-7,10-11,17-18H,2-4,9H2,1H3/t10-/m0/s1. The Labute approximate surface area is 112 Å². The number of nitrogens with zero attached hydrogens (tertiary/aromatic N) is 2. The van der Waals surface area contributed by atoms with Crippen LogP contribution in [0.5, 0.6) is 0 Å². The molecule has 2 aromatic heterocycles. The van der Waals surface area contributed by atoms with Crippen LogP contribution in [0.2, 0.25) is 0 Å². The number of aromatic amines is 1. The first kappa shape index (κ1) is 12.2. The minimum absolute atomic E-state index is 0.486. The monoisotopic (exact) mass is 254 g/mol. The van der Waals surface area contributed by atoms with Gasteiger partial charge in [-0.15, -0.1) is 0 Å². The SMILES string of the molecule is C[C@H](NCc1cc(C#N)nc2cc[nH]c12)C1CCC1. The Morgan fingerprint density at radius 2 is 2.42 bits per heavy atom. The summed E-state index contributed by atoms with van der Waals surface area (Å²) in [4.78, 5) is 7.49. The van der Waals surface area contributed by atoms with Gasteiger partial charge in [0.05, 0.1) is 11.0 Å². The van der Waals surface area contributed by atoms with Crippen molar-refractivity contribution >= 4 is 11.0 Å². The second-order valence-corrected chi connectivity index (χ2v) is 5.38. The highest BCUT2D eigenvalue weighted by Gasteiger charge is 2.23. The number of H-pyrrole nitrogens is 1. The Balaban J connectivity index is 1.79. The van der Waals surface area contributed by atoms with Crippen LogP contribution in [-0.4, -0.2) is 16.0 Å². The molecule has 19 heavy (non-hydrogen) atoms. The number of pyridine rings is 1. The third-order valence-electron chi connectivity index (χ3n) is 4.18. The predicted molar refractivity (Wildman–Crippen MR) is 74.5 cm³/mol. The molecule has 0 saturated heterocycles. The second-order valence-electron chi connectivity index (χ2n) is 5.38. The highest BCUT2D eigenvalue weighted by Crippen LogP contribution is 2.29. The van der Waals surface area contributed by atoms with Crippen molar-refractivity contribution in [3.05, 3.63) is 29.6 Å². The van der Waals surface area contributed by atoms with Crippen LogP contribution in [0.3, 0.4) is 0 Å². The van der Waals surface area contributed by atoms with Crippen LogP contribution in [0.1, 0.15) is 37.4 Å². The Morgan fingerprint density at radius 1 is 1.58 bits per heavy atom. The molecule has 0 unspecified atom stereocenters. The summed E-state index contributed by atoms with van der Waals surface area (Å²) in [6.45, 7) is 3.04. The summed E-state index contributed by atoms with van der Waals surface area (Å²) in [6.07, 6.45) is 5.92. The van der Waals surface area contributed by atoms with Gasteiger partial charge in [-0.25, -0.2) is 4.98 Å². The van der Waals surface area contributed by atoms with E-state index in [9.17, 15) is 0 Å². The van der Waals surface area contributed by atoms with Gasteiger partial charge in [-0.1, -0.05) is 6.42 Å². The number of aromatic nitrogens is 2. The van der Waals surface area contributed by atoms with Crippen molar-refractivity contribution < 1.29 is 0 Å². The zero-order valence-corrected chi connectivity index (χ0v) is 11.1. The molecule has 0 radical (unpaired) electrons. The quantitative estimate of drug-likeness (QED) is 0.881. The van der Waals surface area contributed by atoms with Crippen LogP contribution in [0, 0.1) is 17.2 Å². The van der Waals surface area contributed by atoms with E-state index in [1.165, 1.54) is 19.3 Å². The Kier molecular flexibility index (Phi) is 3.22. The number of hydrogen-bond acceptors (Lipinski definition) is 3. The van der Waals surface area contributed by atoms with Gasteiger partial charge in [0.2, 0.25) is 0 Å². The molecule has 2 heterocycles. The van der Waals surface area contributed by atoms with Gasteiger partial charge in [-0.05, 0) is 43.4 Å². The van der Waals surface area contributed by atoms with Crippen LogP contribution in [0.25, 0.3) is 11.0 Å². The summed E-state index contributed by atoms with van der Waals surface area (Å²) < 4.78 is 0. The molecule has 4 nitrogen and oxygen atoms in total. The number of rotatable bonds is 4. The molecule has 1 fully saturated rings. The number of fused-ring (bicyclic) bond motifs is 1. The molecular weight excluding hydrogens is 236 g/mol. The molecule has 1 aliphatic rings. The third-order valence-corrected chi connectivity index (χ3v) is 4.18. The molecule has 0 aromatic carbocycles. The lowest BCUT2D eigenvalue weighted by Crippen LogP contribution is -2.36. The van der Waals surface area contributed by atoms with Crippen molar-refractivity contribution in [3.8, 4) is 6.07 Å². The van der Waals surface area contributed by atoms with E-state index in [1.807, 2.05) is 18.3 Å². The summed E-state index contributed by atoms with van der Waals surface area (Å²) in [7, 11) is 0. The lowest BCUT2D eigenvalue weighted by Gasteiger charge is -2.32. The van der Waals surface area contributed by atoms with E-state index < -0.39 is 0 Å². The first-order valence-electron chi connectivity index (χ1n) is 6.88. The summed E-state index contributed by atoms with van der Waals surface area (Å²) in [5, 5.41) is 12.6. The van der Waals surface area contributed by atoms with Crippen LogP contribution < -0.4 is 5.32 Å². The summed E-state index contributed by atoms with van der Waals surface area (Å²) in [5.74, 6) is 0.816. The van der Waals surface area contributed by atoms with Gasteiger partial charge in [0.15, 0.2) is 0 Å². The van der Waals surface area contributed by atoms with Gasteiger partial charge in [0, 0.05) is 18.8 Å². The van der Waals surface area contributed by atoms with Crippen molar-refractivity contribution in [2.24, 2.45) is 5.92 Å². The van der Waals surface area contributed by atoms with Gasteiger partial charge in [0.25, 0.3) is 0 Å². The van der Waals surface area contributed by atoms with Gasteiger partial charge >= 0.3 is 0 Å². The minimum atomic E-state index is 0.486. The van der Waals surface area contributed by atoms with Crippen LogP contribution >= 0.6 is 0 Å². The first-order valence-corrected chi connectivity index (χ1v) is 6.88. The Morgan fingerprint density at radius 3 is 3.11 bits per heavy atom. The summed E-state index contributed by atoms with van der Waals surface area (Å²) in [5.41, 5.74) is 3.51. The van der Waals surface area contributed by atoms with E-state index in [0.717, 1.165) is 29.1 Å². The third kappa shape index (κ3) is 2.34. The average molecular weight is 254 g/mol. The van der Waals surface area contributed by atoms with Crippen molar-refractivity contribution in [3.63, 3.8) is 0 Å². The topological polar surface area (TPSA) is 64.5 Å². The zero-order chi connectivity index (χ0) is 13.2. The maximum atomic E-state index is 9.03. The second kappa shape index (κ2) is 5.02. The van der Waals surface area contributed by atoms with Crippen molar-refractivity contribution in [2.75, 3.05) is 0 Å². The first-order chi connectivity index (χ1) is 9.28. The molecule has 0 aliphatic heterocycles.